The molecule has 3 N–H and O–H groups in total. The fourth-order valence-electron chi connectivity index (χ4n) is 3.88. The van der Waals surface area contributed by atoms with Crippen molar-refractivity contribution in [1.82, 2.24) is 9.55 Å². The monoisotopic (exact) mass is 515 g/mol. The lowest BCUT2D eigenvalue weighted by atomic mass is 10.0. The van der Waals surface area contributed by atoms with Gasteiger partial charge in [0, 0.05) is 12.8 Å². The Balaban J connectivity index is 1.94. The summed E-state index contributed by atoms with van der Waals surface area (Å²) in [7, 11) is 0. The highest BCUT2D eigenvalue weighted by Gasteiger charge is 2.19. The van der Waals surface area contributed by atoms with Gasteiger partial charge >= 0.3 is 5.69 Å². The number of aromatic nitrogens is 2. The summed E-state index contributed by atoms with van der Waals surface area (Å²) >= 11 is 3.23. The van der Waals surface area contributed by atoms with Crippen LogP contribution in [0.25, 0.3) is 0 Å². The van der Waals surface area contributed by atoms with Crippen LogP contribution < -0.4 is 11.4 Å². The first-order valence-corrected chi connectivity index (χ1v) is 13.6. The summed E-state index contributed by atoms with van der Waals surface area (Å²) in [5, 5.41) is 10.4. The van der Waals surface area contributed by atoms with Crippen molar-refractivity contribution in [2.45, 2.75) is 129 Å². The molecule has 0 aliphatic heterocycles. The Labute approximate surface area is 203 Å². The maximum Gasteiger partial charge on any atom is 0.351 e. The van der Waals surface area contributed by atoms with Gasteiger partial charge in [0.05, 0.1) is 10.6 Å². The third-order valence-electron chi connectivity index (χ3n) is 6.02. The van der Waals surface area contributed by atoms with Crippen LogP contribution in [0.15, 0.2) is 15.5 Å². The number of nitrogen functional groups attached to an aromatic ring is 1. The highest BCUT2D eigenvalue weighted by Crippen LogP contribution is 2.18. The number of hydrogen-bond acceptors (Lipinski definition) is 5. The molecule has 0 radical (unpaired) electrons. The van der Waals surface area contributed by atoms with E-state index in [0.29, 0.717) is 11.1 Å². The zero-order valence-corrected chi connectivity index (χ0v) is 22.0. The Bertz CT molecular complexity index is 654. The van der Waals surface area contributed by atoms with Crippen LogP contribution in [0.4, 0.5) is 5.82 Å². The molecule has 1 aromatic heterocycles. The van der Waals surface area contributed by atoms with Crippen LogP contribution in [0.3, 0.4) is 0 Å². The van der Waals surface area contributed by atoms with E-state index in [1.54, 1.807) is 6.92 Å². The van der Waals surface area contributed by atoms with Gasteiger partial charge in [-0.25, -0.2) is 4.79 Å². The van der Waals surface area contributed by atoms with E-state index in [1.165, 1.54) is 96.1 Å². The molecule has 0 aliphatic carbocycles. The fourth-order valence-corrected chi connectivity index (χ4v) is 4.19. The van der Waals surface area contributed by atoms with Gasteiger partial charge in [0.25, 0.3) is 0 Å². The van der Waals surface area contributed by atoms with Crippen molar-refractivity contribution < 1.29 is 9.84 Å². The summed E-state index contributed by atoms with van der Waals surface area (Å²) in [4.78, 5) is 15.6. The molecule has 186 valence electrons. The fraction of sp³-hybridized carbons (Fsp3) is 0.840. The zero-order chi connectivity index (χ0) is 23.6. The van der Waals surface area contributed by atoms with E-state index >= 15 is 0 Å². The molecule has 1 heterocycles. The predicted octanol–water partition coefficient (Wildman–Crippen LogP) is 6.75. The Hall–Kier alpha value is -0.920. The molecule has 0 bridgehead atoms. The summed E-state index contributed by atoms with van der Waals surface area (Å²) in [5.74, 6) is 0.111. The summed E-state index contributed by atoms with van der Waals surface area (Å²) in [5.41, 5.74) is 5.00. The van der Waals surface area contributed by atoms with E-state index in [2.05, 4.69) is 27.8 Å². The Morgan fingerprint density at radius 1 is 0.938 bits per heavy atom. The van der Waals surface area contributed by atoms with E-state index in [1.807, 2.05) is 0 Å². The van der Waals surface area contributed by atoms with Crippen molar-refractivity contribution in [2.24, 2.45) is 0 Å². The molecular weight excluding hydrogens is 470 g/mol. The number of ether oxygens (including phenoxy) is 1. The molecule has 0 amide bonds. The maximum atomic E-state index is 11.9. The molecule has 2 atom stereocenters. The lowest BCUT2D eigenvalue weighted by Crippen LogP contribution is -2.34. The average molecular weight is 517 g/mol. The van der Waals surface area contributed by atoms with Crippen molar-refractivity contribution in [2.75, 3.05) is 12.3 Å². The second-order valence-corrected chi connectivity index (χ2v) is 9.81. The molecule has 0 spiro atoms. The summed E-state index contributed by atoms with van der Waals surface area (Å²) < 4.78 is 7.33. The molecule has 2 unspecified atom stereocenters. The second kappa shape index (κ2) is 18.5. The van der Waals surface area contributed by atoms with E-state index in [4.69, 9.17) is 10.5 Å². The van der Waals surface area contributed by atoms with E-state index < -0.39 is 18.0 Å². The van der Waals surface area contributed by atoms with Gasteiger partial charge in [-0.1, -0.05) is 103 Å². The molecule has 1 rings (SSSR count). The van der Waals surface area contributed by atoms with E-state index in [9.17, 15) is 9.90 Å². The van der Waals surface area contributed by atoms with Crippen LogP contribution in [0.1, 0.15) is 123 Å². The standard InChI is InChI=1S/C25H46BrN3O3/c1-3-4-5-6-7-8-9-10-11-12-13-14-15-16-17-18-19-32-21(2)24(30)29-20-22(26)23(27)28-25(29)31/h20-21,24,30H,3-19H2,1-2H3,(H2,27,28,31). The zero-order valence-electron chi connectivity index (χ0n) is 20.4. The molecule has 0 saturated carbocycles. The SMILES string of the molecule is CCCCCCCCCCCCCCCCCCOC(C)C(O)n1cc(Br)c(N)nc1=O. The summed E-state index contributed by atoms with van der Waals surface area (Å²) in [6.07, 6.45) is 21.2. The highest BCUT2D eigenvalue weighted by atomic mass is 79.9. The lowest BCUT2D eigenvalue weighted by Gasteiger charge is -2.21. The van der Waals surface area contributed by atoms with Gasteiger partial charge in [0.15, 0.2) is 6.23 Å². The Kier molecular flexibility index (Phi) is 16.8. The molecule has 6 nitrogen and oxygen atoms in total. The third kappa shape index (κ3) is 12.9. The van der Waals surface area contributed by atoms with Gasteiger partial charge in [-0.2, -0.15) is 4.98 Å². The van der Waals surface area contributed by atoms with Gasteiger partial charge in [-0.3, -0.25) is 4.57 Å². The quantitative estimate of drug-likeness (QED) is 0.187. The molecule has 1 aromatic rings. The molecular formula is C25H46BrN3O3. The molecule has 0 fully saturated rings. The minimum absolute atomic E-state index is 0.111. The molecule has 32 heavy (non-hydrogen) atoms. The van der Waals surface area contributed by atoms with Crippen molar-refractivity contribution >= 4 is 21.7 Å². The highest BCUT2D eigenvalue weighted by molar-refractivity contribution is 9.10. The van der Waals surface area contributed by atoms with Crippen molar-refractivity contribution in [3.8, 4) is 0 Å². The van der Waals surface area contributed by atoms with Crippen LogP contribution in [-0.2, 0) is 4.74 Å². The molecule has 0 aromatic carbocycles. The van der Waals surface area contributed by atoms with Gasteiger partial charge in [0.2, 0.25) is 0 Å². The Morgan fingerprint density at radius 3 is 1.84 bits per heavy atom. The number of nitrogens with zero attached hydrogens (tertiary/aromatic N) is 2. The number of hydrogen-bond donors (Lipinski definition) is 2. The number of aliphatic hydroxyl groups is 1. The predicted molar refractivity (Wildman–Crippen MR) is 137 cm³/mol. The number of rotatable bonds is 20. The van der Waals surface area contributed by atoms with E-state index in [-0.39, 0.29) is 5.82 Å². The number of halogens is 1. The van der Waals surface area contributed by atoms with Crippen LogP contribution >= 0.6 is 15.9 Å². The normalized spacial score (nSPS) is 13.4. The maximum absolute atomic E-state index is 11.9. The van der Waals surface area contributed by atoms with Crippen molar-refractivity contribution in [3.05, 3.63) is 21.2 Å². The van der Waals surface area contributed by atoms with E-state index in [0.717, 1.165) is 17.4 Å². The summed E-state index contributed by atoms with van der Waals surface area (Å²) in [6.45, 7) is 4.61. The second-order valence-electron chi connectivity index (χ2n) is 8.96. The first-order chi connectivity index (χ1) is 15.5. The molecule has 0 aliphatic rings. The third-order valence-corrected chi connectivity index (χ3v) is 6.63. The average Bonchev–Trinajstić information content (AvgIpc) is 2.77. The first-order valence-electron chi connectivity index (χ1n) is 12.8. The Morgan fingerprint density at radius 2 is 1.38 bits per heavy atom. The van der Waals surface area contributed by atoms with Gasteiger partial charge in [-0.15, -0.1) is 0 Å². The van der Waals surface area contributed by atoms with Gasteiger partial charge in [-0.05, 0) is 29.3 Å². The van der Waals surface area contributed by atoms with Crippen molar-refractivity contribution in [1.29, 1.82) is 0 Å². The van der Waals surface area contributed by atoms with Crippen LogP contribution in [0.5, 0.6) is 0 Å². The largest absolute Gasteiger partial charge is 0.383 e. The van der Waals surface area contributed by atoms with Crippen LogP contribution in [-0.4, -0.2) is 27.4 Å². The smallest absolute Gasteiger partial charge is 0.351 e. The van der Waals surface area contributed by atoms with Gasteiger partial charge in [0.1, 0.15) is 5.82 Å². The first kappa shape index (κ1) is 29.1. The molecule has 7 heteroatoms. The van der Waals surface area contributed by atoms with Crippen molar-refractivity contribution in [3.63, 3.8) is 0 Å². The minimum atomic E-state index is -1.09. The number of nitrogens with two attached hydrogens (primary N) is 1. The van der Waals surface area contributed by atoms with Gasteiger partial charge < -0.3 is 15.6 Å². The number of anilines is 1. The number of aliphatic hydroxyl groups excluding tert-OH is 1. The van der Waals surface area contributed by atoms with Crippen LogP contribution in [0.2, 0.25) is 0 Å². The molecule has 0 saturated heterocycles. The summed E-state index contributed by atoms with van der Waals surface area (Å²) in [6, 6.07) is 0. The number of unbranched alkanes of at least 4 members (excludes halogenated alkanes) is 15. The minimum Gasteiger partial charge on any atom is -0.383 e. The topological polar surface area (TPSA) is 90.4 Å². The van der Waals surface area contributed by atoms with Crippen LogP contribution in [0, 0.1) is 0 Å². The lowest BCUT2D eigenvalue weighted by molar-refractivity contribution is -0.0656.